The zero-order valence-corrected chi connectivity index (χ0v) is 18.7. The smallest absolute Gasteiger partial charge is 0.415 e. The number of amides is 2. The van der Waals surface area contributed by atoms with E-state index in [4.69, 9.17) is 16.3 Å². The van der Waals surface area contributed by atoms with Gasteiger partial charge in [0.2, 0.25) is 0 Å². The van der Waals surface area contributed by atoms with Crippen LogP contribution in [-0.4, -0.2) is 56.0 Å². The van der Waals surface area contributed by atoms with Crippen molar-refractivity contribution in [3.8, 4) is 0 Å². The number of rotatable bonds is 3. The molecule has 3 rings (SSSR count). The van der Waals surface area contributed by atoms with E-state index in [0.29, 0.717) is 18.7 Å². The van der Waals surface area contributed by atoms with Crippen LogP contribution in [0.5, 0.6) is 0 Å². The number of fused-ring (bicyclic) bond motifs is 1. The first-order valence-corrected chi connectivity index (χ1v) is 10.3. The van der Waals surface area contributed by atoms with Crippen LogP contribution < -0.4 is 10.2 Å². The SMILES string of the molecule is CN(C(=O)OC(C)(C)C)c1cc(Cl)nc2c(C(=O)NC3CCC[C@@](C)(O)C3)cnn12. The molecule has 30 heavy (non-hydrogen) atoms. The van der Waals surface area contributed by atoms with Gasteiger partial charge in [0.25, 0.3) is 5.91 Å². The van der Waals surface area contributed by atoms with E-state index < -0.39 is 17.3 Å². The minimum Gasteiger partial charge on any atom is -0.443 e. The third kappa shape index (κ3) is 5.02. The van der Waals surface area contributed by atoms with Crippen LogP contribution in [0, 0.1) is 0 Å². The Kier molecular flexibility index (Phi) is 5.97. The molecular weight excluding hydrogens is 410 g/mol. The van der Waals surface area contributed by atoms with Gasteiger partial charge in [-0.05, 0) is 53.4 Å². The first-order chi connectivity index (χ1) is 13.9. The quantitative estimate of drug-likeness (QED) is 0.714. The molecule has 0 radical (unpaired) electrons. The molecule has 0 aromatic carbocycles. The van der Waals surface area contributed by atoms with Gasteiger partial charge in [0, 0.05) is 19.2 Å². The molecule has 0 bridgehead atoms. The number of halogens is 1. The molecule has 10 heteroatoms. The maximum Gasteiger partial charge on any atom is 0.415 e. The molecule has 2 N–H and O–H groups in total. The summed E-state index contributed by atoms with van der Waals surface area (Å²) >= 11 is 6.17. The molecule has 0 aliphatic heterocycles. The second-order valence-electron chi connectivity index (χ2n) is 9.03. The van der Waals surface area contributed by atoms with E-state index in [9.17, 15) is 14.7 Å². The minimum absolute atomic E-state index is 0.114. The molecule has 2 aromatic heterocycles. The topological polar surface area (TPSA) is 109 Å². The predicted molar refractivity (Wildman–Crippen MR) is 113 cm³/mol. The molecule has 1 saturated carbocycles. The number of carbonyl (C=O) groups is 2. The van der Waals surface area contributed by atoms with Gasteiger partial charge in [-0.25, -0.2) is 9.78 Å². The lowest BCUT2D eigenvalue weighted by atomic mass is 9.83. The van der Waals surface area contributed by atoms with Crippen LogP contribution in [0.25, 0.3) is 5.65 Å². The second-order valence-corrected chi connectivity index (χ2v) is 9.42. The molecule has 2 aromatic rings. The lowest BCUT2D eigenvalue weighted by Gasteiger charge is -2.34. The Balaban J connectivity index is 1.88. The normalized spacial score (nSPS) is 22.0. The second kappa shape index (κ2) is 8.03. The van der Waals surface area contributed by atoms with Crippen molar-refractivity contribution < 1.29 is 19.4 Å². The van der Waals surface area contributed by atoms with Gasteiger partial charge < -0.3 is 15.2 Å². The van der Waals surface area contributed by atoms with Crippen molar-refractivity contribution in [2.24, 2.45) is 0 Å². The van der Waals surface area contributed by atoms with Gasteiger partial charge >= 0.3 is 6.09 Å². The van der Waals surface area contributed by atoms with Crippen LogP contribution >= 0.6 is 11.6 Å². The maximum atomic E-state index is 12.9. The molecule has 164 valence electrons. The molecule has 9 nitrogen and oxygen atoms in total. The number of nitrogens with zero attached hydrogens (tertiary/aromatic N) is 4. The van der Waals surface area contributed by atoms with Crippen molar-refractivity contribution in [1.29, 1.82) is 0 Å². The van der Waals surface area contributed by atoms with E-state index in [0.717, 1.165) is 12.8 Å². The highest BCUT2D eigenvalue weighted by molar-refractivity contribution is 6.30. The van der Waals surface area contributed by atoms with Crippen LogP contribution in [0.4, 0.5) is 10.6 Å². The zero-order valence-electron chi connectivity index (χ0n) is 17.9. The van der Waals surface area contributed by atoms with Crippen molar-refractivity contribution in [2.75, 3.05) is 11.9 Å². The average molecular weight is 438 g/mol. The van der Waals surface area contributed by atoms with Gasteiger partial charge in [-0.1, -0.05) is 11.6 Å². The van der Waals surface area contributed by atoms with Crippen molar-refractivity contribution in [1.82, 2.24) is 19.9 Å². The van der Waals surface area contributed by atoms with E-state index in [1.165, 1.54) is 28.7 Å². The molecular formula is C20H28ClN5O4. The molecule has 1 aliphatic carbocycles. The number of ether oxygens (including phenoxy) is 1. The standard InChI is InChI=1S/C20H28ClN5O4/c1-19(2,3)30-18(28)25(5)15-9-14(21)24-16-13(11-22-26(15)16)17(27)23-12-7-6-8-20(4,29)10-12/h9,11-12,29H,6-8,10H2,1-5H3,(H,23,27)/t12?,20-/m1/s1. The van der Waals surface area contributed by atoms with Crippen molar-refractivity contribution >= 4 is 35.1 Å². The summed E-state index contributed by atoms with van der Waals surface area (Å²) in [6.07, 6.45) is 3.63. The average Bonchev–Trinajstić information content (AvgIpc) is 3.01. The summed E-state index contributed by atoms with van der Waals surface area (Å²) in [6, 6.07) is 1.34. The summed E-state index contributed by atoms with van der Waals surface area (Å²) in [4.78, 5) is 30.8. The molecule has 1 fully saturated rings. The lowest BCUT2D eigenvalue weighted by molar-refractivity contribution is 0.0106. The number of anilines is 1. The van der Waals surface area contributed by atoms with Gasteiger partial charge in [-0.3, -0.25) is 9.69 Å². The summed E-state index contributed by atoms with van der Waals surface area (Å²) in [5, 5.41) is 17.6. The third-order valence-corrected chi connectivity index (χ3v) is 5.16. The van der Waals surface area contributed by atoms with Crippen molar-refractivity contribution in [3.63, 3.8) is 0 Å². The maximum absolute atomic E-state index is 12.9. The summed E-state index contributed by atoms with van der Waals surface area (Å²) in [6.45, 7) is 7.09. The van der Waals surface area contributed by atoms with Crippen LogP contribution in [0.3, 0.4) is 0 Å². The zero-order chi connectivity index (χ0) is 22.3. The summed E-state index contributed by atoms with van der Waals surface area (Å²) in [5.74, 6) is -0.0350. The molecule has 2 heterocycles. The highest BCUT2D eigenvalue weighted by atomic mass is 35.5. The Morgan fingerprint density at radius 1 is 1.43 bits per heavy atom. The number of hydrogen-bond donors (Lipinski definition) is 2. The molecule has 2 atom stereocenters. The minimum atomic E-state index is -0.790. The molecule has 0 spiro atoms. The summed E-state index contributed by atoms with van der Waals surface area (Å²) < 4.78 is 6.77. The lowest BCUT2D eigenvalue weighted by Crippen LogP contribution is -2.44. The van der Waals surface area contributed by atoms with Gasteiger partial charge in [0.05, 0.1) is 11.8 Å². The van der Waals surface area contributed by atoms with Gasteiger partial charge in [-0.2, -0.15) is 9.61 Å². The number of nitrogens with one attached hydrogen (secondary N) is 1. The predicted octanol–water partition coefficient (Wildman–Crippen LogP) is 3.18. The van der Waals surface area contributed by atoms with E-state index in [1.807, 2.05) is 0 Å². The van der Waals surface area contributed by atoms with E-state index in [-0.39, 0.29) is 28.3 Å². The fourth-order valence-electron chi connectivity index (χ4n) is 3.59. The highest BCUT2D eigenvalue weighted by Gasteiger charge is 2.31. The van der Waals surface area contributed by atoms with Gasteiger partial charge in [0.1, 0.15) is 22.1 Å². The van der Waals surface area contributed by atoms with E-state index in [1.54, 1.807) is 27.7 Å². The highest BCUT2D eigenvalue weighted by Crippen LogP contribution is 2.28. The summed E-state index contributed by atoms with van der Waals surface area (Å²) in [7, 11) is 1.53. The molecule has 1 aliphatic rings. The van der Waals surface area contributed by atoms with Gasteiger partial charge in [-0.15, -0.1) is 0 Å². The van der Waals surface area contributed by atoms with Crippen LogP contribution in [0.15, 0.2) is 12.3 Å². The number of carbonyl (C=O) groups excluding carboxylic acids is 2. The number of hydrogen-bond acceptors (Lipinski definition) is 6. The number of aromatic nitrogens is 3. The van der Waals surface area contributed by atoms with Gasteiger partial charge in [0.15, 0.2) is 5.65 Å². The van der Waals surface area contributed by atoms with Crippen LogP contribution in [0.2, 0.25) is 5.15 Å². The first-order valence-electron chi connectivity index (χ1n) is 9.90. The van der Waals surface area contributed by atoms with Crippen LogP contribution in [-0.2, 0) is 4.74 Å². The largest absolute Gasteiger partial charge is 0.443 e. The Morgan fingerprint density at radius 3 is 2.77 bits per heavy atom. The summed E-state index contributed by atoms with van der Waals surface area (Å²) in [5.41, 5.74) is -0.991. The van der Waals surface area contributed by atoms with E-state index >= 15 is 0 Å². The monoisotopic (exact) mass is 437 g/mol. The first kappa shape index (κ1) is 22.3. The molecule has 0 saturated heterocycles. The molecule has 2 amide bonds. The van der Waals surface area contributed by atoms with Crippen molar-refractivity contribution in [2.45, 2.75) is 70.6 Å². The Bertz CT molecular complexity index is 966. The van der Waals surface area contributed by atoms with Crippen LogP contribution in [0.1, 0.15) is 63.7 Å². The third-order valence-electron chi connectivity index (χ3n) is 4.97. The Labute approximate surface area is 180 Å². The number of aliphatic hydroxyl groups is 1. The fraction of sp³-hybridized carbons (Fsp3) is 0.600. The Hall–Kier alpha value is -2.39. The fourth-order valence-corrected chi connectivity index (χ4v) is 3.77. The van der Waals surface area contributed by atoms with E-state index in [2.05, 4.69) is 15.4 Å². The molecule has 1 unspecified atom stereocenters. The Morgan fingerprint density at radius 2 is 2.13 bits per heavy atom. The van der Waals surface area contributed by atoms with Crippen molar-refractivity contribution in [3.05, 3.63) is 23.0 Å².